The molecule has 0 saturated carbocycles. The standard InChI is InChI=1S/C16H12N2O/c1-2-7-13(8-3-1)15-17-19-16-14-9-5-4-6-12(14)10-11-18(15)16/h1-11,16H. The lowest BCUT2D eigenvalue weighted by molar-refractivity contribution is 0.0256. The van der Waals surface area contributed by atoms with Crippen molar-refractivity contribution in [1.29, 1.82) is 0 Å². The van der Waals surface area contributed by atoms with Crippen LogP contribution < -0.4 is 0 Å². The van der Waals surface area contributed by atoms with E-state index in [4.69, 9.17) is 4.84 Å². The zero-order chi connectivity index (χ0) is 12.7. The van der Waals surface area contributed by atoms with E-state index in [9.17, 15) is 0 Å². The van der Waals surface area contributed by atoms with Gasteiger partial charge in [0, 0.05) is 17.3 Å². The summed E-state index contributed by atoms with van der Waals surface area (Å²) in [5.41, 5.74) is 3.40. The van der Waals surface area contributed by atoms with Crippen molar-refractivity contribution in [2.75, 3.05) is 0 Å². The quantitative estimate of drug-likeness (QED) is 0.773. The number of amidine groups is 1. The van der Waals surface area contributed by atoms with Crippen molar-refractivity contribution in [3.8, 4) is 0 Å². The second kappa shape index (κ2) is 3.99. The van der Waals surface area contributed by atoms with E-state index < -0.39 is 0 Å². The first-order valence-electron chi connectivity index (χ1n) is 6.28. The molecule has 2 aromatic rings. The van der Waals surface area contributed by atoms with Crippen LogP contribution in [0.15, 0.2) is 66.0 Å². The van der Waals surface area contributed by atoms with E-state index in [1.807, 2.05) is 48.7 Å². The maximum atomic E-state index is 5.61. The number of nitrogens with zero attached hydrogens (tertiary/aromatic N) is 2. The van der Waals surface area contributed by atoms with Crippen LogP contribution in [0.2, 0.25) is 0 Å². The highest BCUT2D eigenvalue weighted by Gasteiger charge is 2.33. The highest BCUT2D eigenvalue weighted by atomic mass is 16.7. The summed E-state index contributed by atoms with van der Waals surface area (Å²) in [6.45, 7) is 0. The van der Waals surface area contributed by atoms with Gasteiger partial charge in [0.2, 0.25) is 6.23 Å². The van der Waals surface area contributed by atoms with Gasteiger partial charge < -0.3 is 4.84 Å². The molecule has 0 radical (unpaired) electrons. The Morgan fingerprint density at radius 2 is 1.74 bits per heavy atom. The van der Waals surface area contributed by atoms with Crippen molar-refractivity contribution in [2.24, 2.45) is 5.16 Å². The third-order valence-corrected chi connectivity index (χ3v) is 3.44. The van der Waals surface area contributed by atoms with E-state index >= 15 is 0 Å². The number of fused-ring (bicyclic) bond motifs is 3. The van der Waals surface area contributed by atoms with Gasteiger partial charge in [-0.05, 0) is 11.6 Å². The Morgan fingerprint density at radius 1 is 0.947 bits per heavy atom. The van der Waals surface area contributed by atoms with Gasteiger partial charge in [0.1, 0.15) is 0 Å². The topological polar surface area (TPSA) is 24.8 Å². The lowest BCUT2D eigenvalue weighted by atomic mass is 10.0. The largest absolute Gasteiger partial charge is 0.363 e. The molecular weight excluding hydrogens is 236 g/mol. The third kappa shape index (κ3) is 1.55. The highest BCUT2D eigenvalue weighted by molar-refractivity contribution is 6.00. The zero-order valence-electron chi connectivity index (χ0n) is 10.2. The van der Waals surface area contributed by atoms with Gasteiger partial charge in [0.25, 0.3) is 0 Å². The summed E-state index contributed by atoms with van der Waals surface area (Å²) in [6.07, 6.45) is 3.99. The molecule has 1 atom stereocenters. The van der Waals surface area contributed by atoms with E-state index in [-0.39, 0.29) is 6.23 Å². The molecule has 19 heavy (non-hydrogen) atoms. The van der Waals surface area contributed by atoms with Crippen LogP contribution in [0.1, 0.15) is 22.9 Å². The van der Waals surface area contributed by atoms with Crippen molar-refractivity contribution in [1.82, 2.24) is 4.90 Å². The molecule has 0 bridgehead atoms. The summed E-state index contributed by atoms with van der Waals surface area (Å²) in [6, 6.07) is 18.3. The molecule has 0 amide bonds. The van der Waals surface area contributed by atoms with Gasteiger partial charge in [-0.15, -0.1) is 0 Å². The van der Waals surface area contributed by atoms with Crippen LogP contribution in [0.5, 0.6) is 0 Å². The van der Waals surface area contributed by atoms with Crippen molar-refractivity contribution in [3.63, 3.8) is 0 Å². The van der Waals surface area contributed by atoms with Gasteiger partial charge in [0.15, 0.2) is 5.84 Å². The fourth-order valence-electron chi connectivity index (χ4n) is 2.50. The number of hydrogen-bond donors (Lipinski definition) is 0. The predicted octanol–water partition coefficient (Wildman–Crippen LogP) is 3.36. The Balaban J connectivity index is 1.76. The maximum Gasteiger partial charge on any atom is 0.231 e. The number of hydrogen-bond acceptors (Lipinski definition) is 3. The lowest BCUT2D eigenvalue weighted by Crippen LogP contribution is -2.28. The zero-order valence-corrected chi connectivity index (χ0v) is 10.2. The Labute approximate surface area is 111 Å². The van der Waals surface area contributed by atoms with E-state index in [1.54, 1.807) is 0 Å². The van der Waals surface area contributed by atoms with Crippen LogP contribution in [-0.4, -0.2) is 10.7 Å². The fraction of sp³-hybridized carbons (Fsp3) is 0.0625. The molecule has 0 aliphatic carbocycles. The molecule has 1 unspecified atom stereocenters. The van der Waals surface area contributed by atoms with E-state index in [2.05, 4.69) is 28.3 Å². The SMILES string of the molecule is C1=CN2C(c3ccccc3)=NOC2c2ccccc21. The maximum absolute atomic E-state index is 5.61. The van der Waals surface area contributed by atoms with E-state index in [0.717, 1.165) is 17.0 Å². The molecule has 0 fully saturated rings. The monoisotopic (exact) mass is 248 g/mol. The summed E-state index contributed by atoms with van der Waals surface area (Å²) < 4.78 is 0. The Morgan fingerprint density at radius 3 is 2.63 bits per heavy atom. The van der Waals surface area contributed by atoms with Crippen molar-refractivity contribution in [2.45, 2.75) is 6.23 Å². The minimum Gasteiger partial charge on any atom is -0.363 e. The Hall–Kier alpha value is -2.55. The van der Waals surface area contributed by atoms with E-state index in [1.165, 1.54) is 5.56 Å². The van der Waals surface area contributed by atoms with Crippen LogP contribution in [0.4, 0.5) is 0 Å². The number of oxime groups is 1. The van der Waals surface area contributed by atoms with Gasteiger partial charge in [-0.3, -0.25) is 4.90 Å². The average molecular weight is 248 g/mol. The first-order valence-corrected chi connectivity index (χ1v) is 6.28. The highest BCUT2D eigenvalue weighted by Crippen LogP contribution is 2.36. The van der Waals surface area contributed by atoms with E-state index in [0.29, 0.717) is 0 Å². The van der Waals surface area contributed by atoms with Gasteiger partial charge in [-0.25, -0.2) is 0 Å². The van der Waals surface area contributed by atoms with Crippen LogP contribution in [0.3, 0.4) is 0 Å². The summed E-state index contributed by atoms with van der Waals surface area (Å²) in [5, 5.41) is 4.24. The predicted molar refractivity (Wildman–Crippen MR) is 74.1 cm³/mol. The second-order valence-electron chi connectivity index (χ2n) is 4.59. The van der Waals surface area contributed by atoms with Crippen LogP contribution >= 0.6 is 0 Å². The summed E-state index contributed by atoms with van der Waals surface area (Å²) >= 11 is 0. The molecular formula is C16H12N2O. The lowest BCUT2D eigenvalue weighted by Gasteiger charge is -2.26. The number of benzene rings is 2. The normalized spacial score (nSPS) is 19.5. The van der Waals surface area contributed by atoms with Gasteiger partial charge in [-0.2, -0.15) is 0 Å². The van der Waals surface area contributed by atoms with Gasteiger partial charge in [0.05, 0.1) is 0 Å². The molecule has 0 spiro atoms. The Bertz CT molecular complexity index is 676. The van der Waals surface area contributed by atoms with Crippen LogP contribution in [0, 0.1) is 0 Å². The van der Waals surface area contributed by atoms with Crippen LogP contribution in [-0.2, 0) is 4.84 Å². The molecule has 2 aliphatic heterocycles. The number of rotatable bonds is 1. The van der Waals surface area contributed by atoms with Gasteiger partial charge in [-0.1, -0.05) is 59.8 Å². The molecule has 2 aliphatic rings. The molecule has 92 valence electrons. The first kappa shape index (κ1) is 10.4. The van der Waals surface area contributed by atoms with Gasteiger partial charge >= 0.3 is 0 Å². The minimum atomic E-state index is -0.142. The summed E-state index contributed by atoms with van der Waals surface area (Å²) in [4.78, 5) is 7.68. The molecule has 3 nitrogen and oxygen atoms in total. The third-order valence-electron chi connectivity index (χ3n) is 3.44. The summed E-state index contributed by atoms with van der Waals surface area (Å²) in [7, 11) is 0. The molecule has 2 heterocycles. The molecule has 0 saturated heterocycles. The molecule has 4 rings (SSSR count). The fourth-order valence-corrected chi connectivity index (χ4v) is 2.50. The van der Waals surface area contributed by atoms with Crippen molar-refractivity contribution < 1.29 is 4.84 Å². The molecule has 0 N–H and O–H groups in total. The van der Waals surface area contributed by atoms with Crippen molar-refractivity contribution >= 4 is 11.9 Å². The second-order valence-corrected chi connectivity index (χ2v) is 4.59. The smallest absolute Gasteiger partial charge is 0.231 e. The Kier molecular flexibility index (Phi) is 2.18. The average Bonchev–Trinajstić information content (AvgIpc) is 2.92. The van der Waals surface area contributed by atoms with Crippen molar-refractivity contribution in [3.05, 3.63) is 77.5 Å². The van der Waals surface area contributed by atoms with Crippen LogP contribution in [0.25, 0.3) is 6.08 Å². The molecule has 2 aromatic carbocycles. The molecule has 3 heteroatoms. The minimum absolute atomic E-state index is 0.142. The first-order chi connectivity index (χ1) is 9.43. The summed E-state index contributed by atoms with van der Waals surface area (Å²) in [5.74, 6) is 0.858. The molecule has 0 aromatic heterocycles.